The largest absolute Gasteiger partial charge is 0.478 e. The monoisotopic (exact) mass is 275 g/mol. The number of carboxylic acids is 1. The van der Waals surface area contributed by atoms with Crippen molar-refractivity contribution in [3.8, 4) is 0 Å². The third-order valence-electron chi connectivity index (χ3n) is 3.87. The maximum absolute atomic E-state index is 12.5. The predicted molar refractivity (Wildman–Crippen MR) is 76.9 cm³/mol. The van der Waals surface area contributed by atoms with Crippen LogP contribution in [0.2, 0.25) is 0 Å². The number of carbonyl (C=O) groups is 2. The number of carbonyl (C=O) groups excluding carboxylic acids is 1. The Morgan fingerprint density at radius 1 is 1.20 bits per heavy atom. The Morgan fingerprint density at radius 2 is 1.90 bits per heavy atom. The van der Waals surface area contributed by atoms with Crippen LogP contribution in [0.5, 0.6) is 0 Å². The van der Waals surface area contributed by atoms with Gasteiger partial charge in [-0.1, -0.05) is 19.9 Å². The minimum Gasteiger partial charge on any atom is -0.478 e. The van der Waals surface area contributed by atoms with Crippen molar-refractivity contribution in [2.45, 2.75) is 26.7 Å². The lowest BCUT2D eigenvalue weighted by Gasteiger charge is -2.22. The molecule has 1 aromatic carbocycles. The van der Waals surface area contributed by atoms with Crippen molar-refractivity contribution < 1.29 is 14.7 Å². The van der Waals surface area contributed by atoms with E-state index in [1.54, 1.807) is 12.1 Å². The summed E-state index contributed by atoms with van der Waals surface area (Å²) in [5.74, 6) is 0.0545. The molecule has 1 N–H and O–H groups in total. The molecule has 0 radical (unpaired) electrons. The number of rotatable bonds is 2. The van der Waals surface area contributed by atoms with Gasteiger partial charge in [0.05, 0.1) is 5.56 Å². The smallest absolute Gasteiger partial charge is 0.335 e. The molecule has 1 aliphatic rings. The van der Waals surface area contributed by atoms with Crippen LogP contribution in [0.25, 0.3) is 0 Å². The molecule has 2 unspecified atom stereocenters. The van der Waals surface area contributed by atoms with Gasteiger partial charge in [-0.25, -0.2) is 4.79 Å². The molecule has 0 aromatic heterocycles. The van der Waals surface area contributed by atoms with E-state index in [-0.39, 0.29) is 11.5 Å². The highest BCUT2D eigenvalue weighted by atomic mass is 16.4. The van der Waals surface area contributed by atoms with Crippen LogP contribution in [0.15, 0.2) is 24.3 Å². The molecule has 1 saturated heterocycles. The molecule has 0 spiro atoms. The van der Waals surface area contributed by atoms with E-state index in [0.29, 0.717) is 17.4 Å². The number of benzene rings is 1. The lowest BCUT2D eigenvalue weighted by atomic mass is 9.97. The second kappa shape index (κ2) is 6.07. The van der Waals surface area contributed by atoms with Crippen molar-refractivity contribution in [3.63, 3.8) is 0 Å². The summed E-state index contributed by atoms with van der Waals surface area (Å²) in [5, 5.41) is 9.00. The SMILES string of the molecule is CC1CCN(C(=O)c2cccc(C(=O)O)c2)CC(C)C1. The molecule has 2 atom stereocenters. The van der Waals surface area contributed by atoms with Gasteiger partial charge in [0.15, 0.2) is 0 Å². The Morgan fingerprint density at radius 3 is 2.60 bits per heavy atom. The molecule has 0 bridgehead atoms. The third-order valence-corrected chi connectivity index (χ3v) is 3.87. The molecular weight excluding hydrogens is 254 g/mol. The molecule has 1 heterocycles. The van der Waals surface area contributed by atoms with Crippen LogP contribution in [0.4, 0.5) is 0 Å². The van der Waals surface area contributed by atoms with E-state index < -0.39 is 5.97 Å². The first-order valence-electron chi connectivity index (χ1n) is 7.10. The zero-order valence-electron chi connectivity index (χ0n) is 12.0. The first-order chi connectivity index (χ1) is 9.47. The fourth-order valence-electron chi connectivity index (χ4n) is 2.88. The maximum Gasteiger partial charge on any atom is 0.335 e. The van der Waals surface area contributed by atoms with Crippen molar-refractivity contribution in [2.75, 3.05) is 13.1 Å². The molecule has 4 heteroatoms. The van der Waals surface area contributed by atoms with Gasteiger partial charge in [-0.2, -0.15) is 0 Å². The molecule has 0 saturated carbocycles. The summed E-state index contributed by atoms with van der Waals surface area (Å²) in [6.07, 6.45) is 2.15. The summed E-state index contributed by atoms with van der Waals surface area (Å²) < 4.78 is 0. The Hall–Kier alpha value is -1.84. The average Bonchev–Trinajstić information content (AvgIpc) is 2.58. The maximum atomic E-state index is 12.5. The van der Waals surface area contributed by atoms with Gasteiger partial charge in [-0.3, -0.25) is 4.79 Å². The van der Waals surface area contributed by atoms with Crippen LogP contribution in [0.3, 0.4) is 0 Å². The van der Waals surface area contributed by atoms with Gasteiger partial charge in [0, 0.05) is 18.7 Å². The lowest BCUT2D eigenvalue weighted by Crippen LogP contribution is -2.34. The Bertz CT molecular complexity index is 512. The summed E-state index contributed by atoms with van der Waals surface area (Å²) in [5.41, 5.74) is 0.624. The highest BCUT2D eigenvalue weighted by molar-refractivity contribution is 5.97. The number of likely N-dealkylation sites (tertiary alicyclic amines) is 1. The van der Waals surface area contributed by atoms with Gasteiger partial charge in [0.1, 0.15) is 0 Å². The van der Waals surface area contributed by atoms with Crippen LogP contribution in [0.1, 0.15) is 47.4 Å². The van der Waals surface area contributed by atoms with Crippen LogP contribution in [-0.2, 0) is 0 Å². The summed E-state index contributed by atoms with van der Waals surface area (Å²) in [6, 6.07) is 6.28. The van der Waals surface area contributed by atoms with E-state index in [2.05, 4.69) is 13.8 Å². The van der Waals surface area contributed by atoms with Crippen molar-refractivity contribution in [1.29, 1.82) is 0 Å². The minimum absolute atomic E-state index is 0.0611. The quantitative estimate of drug-likeness (QED) is 0.903. The summed E-state index contributed by atoms with van der Waals surface area (Å²) in [4.78, 5) is 25.3. The van der Waals surface area contributed by atoms with Gasteiger partial charge in [0.2, 0.25) is 0 Å². The Balaban J connectivity index is 2.18. The molecule has 2 rings (SSSR count). The number of nitrogens with zero attached hydrogens (tertiary/aromatic N) is 1. The van der Waals surface area contributed by atoms with Gasteiger partial charge >= 0.3 is 5.97 Å². The molecule has 108 valence electrons. The fraction of sp³-hybridized carbons (Fsp3) is 0.500. The zero-order valence-corrected chi connectivity index (χ0v) is 12.0. The van der Waals surface area contributed by atoms with Crippen molar-refractivity contribution in [3.05, 3.63) is 35.4 Å². The molecular formula is C16H21NO3. The number of amides is 1. The number of carboxylic acid groups (broad SMARTS) is 1. The van der Waals surface area contributed by atoms with Crippen molar-refractivity contribution in [1.82, 2.24) is 4.90 Å². The summed E-state index contributed by atoms with van der Waals surface area (Å²) >= 11 is 0. The average molecular weight is 275 g/mol. The van der Waals surface area contributed by atoms with Crippen LogP contribution in [-0.4, -0.2) is 35.0 Å². The second-order valence-electron chi connectivity index (χ2n) is 5.87. The highest BCUT2D eigenvalue weighted by Crippen LogP contribution is 2.22. The highest BCUT2D eigenvalue weighted by Gasteiger charge is 2.23. The van der Waals surface area contributed by atoms with E-state index >= 15 is 0 Å². The van der Waals surface area contributed by atoms with Gasteiger partial charge < -0.3 is 10.0 Å². The third kappa shape index (κ3) is 3.38. The number of hydrogen-bond acceptors (Lipinski definition) is 2. The molecule has 1 aliphatic heterocycles. The first kappa shape index (κ1) is 14.6. The topological polar surface area (TPSA) is 57.6 Å². The summed E-state index contributed by atoms with van der Waals surface area (Å²) in [6.45, 7) is 5.88. The molecule has 20 heavy (non-hydrogen) atoms. The van der Waals surface area contributed by atoms with Gasteiger partial charge in [-0.05, 0) is 42.9 Å². The second-order valence-corrected chi connectivity index (χ2v) is 5.87. The molecule has 4 nitrogen and oxygen atoms in total. The van der Waals surface area contributed by atoms with Crippen molar-refractivity contribution >= 4 is 11.9 Å². The minimum atomic E-state index is -1.00. The van der Waals surface area contributed by atoms with Crippen LogP contribution >= 0.6 is 0 Å². The van der Waals surface area contributed by atoms with E-state index in [9.17, 15) is 9.59 Å². The van der Waals surface area contributed by atoms with Crippen LogP contribution in [0, 0.1) is 11.8 Å². The molecule has 1 amide bonds. The standard InChI is InChI=1S/C16H21NO3/c1-11-6-7-17(10-12(2)8-11)15(18)13-4-3-5-14(9-13)16(19)20/h3-5,9,11-12H,6-8,10H2,1-2H3,(H,19,20). The number of hydrogen-bond donors (Lipinski definition) is 1. The molecule has 0 aliphatic carbocycles. The normalized spacial score (nSPS) is 23.2. The van der Waals surface area contributed by atoms with Crippen LogP contribution < -0.4 is 0 Å². The van der Waals surface area contributed by atoms with E-state index in [0.717, 1.165) is 25.9 Å². The van der Waals surface area contributed by atoms with E-state index in [4.69, 9.17) is 5.11 Å². The van der Waals surface area contributed by atoms with Gasteiger partial charge in [0.25, 0.3) is 5.91 Å². The fourth-order valence-corrected chi connectivity index (χ4v) is 2.88. The summed E-state index contributed by atoms with van der Waals surface area (Å²) in [7, 11) is 0. The predicted octanol–water partition coefficient (Wildman–Crippen LogP) is 2.89. The van der Waals surface area contributed by atoms with E-state index in [1.807, 2.05) is 4.90 Å². The lowest BCUT2D eigenvalue weighted by molar-refractivity contribution is 0.0697. The van der Waals surface area contributed by atoms with Crippen molar-refractivity contribution in [2.24, 2.45) is 11.8 Å². The Kier molecular flexibility index (Phi) is 4.42. The van der Waals surface area contributed by atoms with E-state index in [1.165, 1.54) is 12.1 Å². The van der Waals surface area contributed by atoms with Gasteiger partial charge in [-0.15, -0.1) is 0 Å². The molecule has 1 fully saturated rings. The molecule has 1 aromatic rings. The first-order valence-corrected chi connectivity index (χ1v) is 7.10. The zero-order chi connectivity index (χ0) is 14.7. The Labute approximate surface area is 119 Å². The number of aromatic carboxylic acids is 1.